The van der Waals surface area contributed by atoms with Gasteiger partial charge in [-0.2, -0.15) is 0 Å². The third-order valence-corrected chi connectivity index (χ3v) is 4.43. The first-order valence-electron chi connectivity index (χ1n) is 7.95. The fourth-order valence-corrected chi connectivity index (χ4v) is 3.20. The Morgan fingerprint density at radius 3 is 2.65 bits per heavy atom. The molecule has 0 bridgehead atoms. The molecule has 1 aliphatic heterocycles. The number of benzene rings is 2. The first kappa shape index (κ1) is 15.7. The van der Waals surface area contributed by atoms with E-state index in [0.717, 1.165) is 31.7 Å². The van der Waals surface area contributed by atoms with E-state index in [0.29, 0.717) is 6.54 Å². The molecule has 0 radical (unpaired) electrons. The third kappa shape index (κ3) is 3.41. The maximum Gasteiger partial charge on any atom is 0.257 e. The van der Waals surface area contributed by atoms with E-state index >= 15 is 0 Å². The molecule has 0 aromatic heterocycles. The lowest BCUT2D eigenvalue weighted by Gasteiger charge is -2.25. The molecular weight excluding hydrogens is 296 g/mol. The highest BCUT2D eigenvalue weighted by molar-refractivity contribution is 5.94. The molecule has 1 atom stereocenters. The minimum Gasteiger partial charge on any atom is -0.336 e. The first-order valence-corrected chi connectivity index (χ1v) is 7.95. The zero-order chi connectivity index (χ0) is 16.2. The van der Waals surface area contributed by atoms with Gasteiger partial charge >= 0.3 is 0 Å². The predicted molar refractivity (Wildman–Crippen MR) is 85.2 cm³/mol. The zero-order valence-electron chi connectivity index (χ0n) is 12.8. The van der Waals surface area contributed by atoms with Gasteiger partial charge in [0.05, 0.1) is 5.56 Å². The summed E-state index contributed by atoms with van der Waals surface area (Å²) in [5, 5.41) is 0. The fourth-order valence-electron chi connectivity index (χ4n) is 3.20. The van der Waals surface area contributed by atoms with Crippen molar-refractivity contribution in [2.45, 2.75) is 31.7 Å². The van der Waals surface area contributed by atoms with Crippen LogP contribution in [0.1, 0.15) is 35.2 Å². The van der Waals surface area contributed by atoms with Crippen LogP contribution in [0.25, 0.3) is 0 Å². The quantitative estimate of drug-likeness (QED) is 0.828. The normalized spacial score (nSPS) is 17.5. The number of amides is 1. The van der Waals surface area contributed by atoms with Gasteiger partial charge in [0, 0.05) is 12.6 Å². The van der Waals surface area contributed by atoms with Crippen LogP contribution in [-0.4, -0.2) is 23.4 Å². The molecule has 4 heteroatoms. The van der Waals surface area contributed by atoms with Gasteiger partial charge in [-0.15, -0.1) is 0 Å². The largest absolute Gasteiger partial charge is 0.336 e. The van der Waals surface area contributed by atoms with Gasteiger partial charge < -0.3 is 4.90 Å². The van der Waals surface area contributed by atoms with Crippen LogP contribution in [0.4, 0.5) is 8.78 Å². The van der Waals surface area contributed by atoms with E-state index in [1.165, 1.54) is 17.7 Å². The van der Waals surface area contributed by atoms with Crippen molar-refractivity contribution in [2.24, 2.45) is 0 Å². The van der Waals surface area contributed by atoms with Gasteiger partial charge in [0.25, 0.3) is 5.91 Å². The van der Waals surface area contributed by atoms with E-state index in [9.17, 15) is 13.6 Å². The Morgan fingerprint density at radius 1 is 1.09 bits per heavy atom. The van der Waals surface area contributed by atoms with Gasteiger partial charge in [-0.1, -0.05) is 36.4 Å². The van der Waals surface area contributed by atoms with Crippen LogP contribution in [0.5, 0.6) is 0 Å². The Balaban J connectivity index is 1.71. The Labute approximate surface area is 134 Å². The molecule has 1 aliphatic rings. The average Bonchev–Trinajstić information content (AvgIpc) is 3.04. The molecule has 1 amide bonds. The maximum absolute atomic E-state index is 13.9. The van der Waals surface area contributed by atoms with Crippen LogP contribution in [0.15, 0.2) is 48.5 Å². The van der Waals surface area contributed by atoms with Gasteiger partial charge in [0.1, 0.15) is 0 Å². The molecule has 1 unspecified atom stereocenters. The molecule has 1 fully saturated rings. The summed E-state index contributed by atoms with van der Waals surface area (Å²) in [4.78, 5) is 14.3. The Kier molecular flexibility index (Phi) is 4.70. The molecule has 1 saturated heterocycles. The van der Waals surface area contributed by atoms with Crippen molar-refractivity contribution in [1.82, 2.24) is 4.90 Å². The van der Waals surface area contributed by atoms with E-state index in [2.05, 4.69) is 12.1 Å². The van der Waals surface area contributed by atoms with Gasteiger partial charge in [0.15, 0.2) is 11.6 Å². The molecule has 1 heterocycles. The first-order chi connectivity index (χ1) is 11.2. The Hall–Kier alpha value is -2.23. The summed E-state index contributed by atoms with van der Waals surface area (Å²) in [7, 11) is 0. The van der Waals surface area contributed by atoms with Crippen LogP contribution in [-0.2, 0) is 6.42 Å². The zero-order valence-corrected chi connectivity index (χ0v) is 12.8. The number of nitrogens with zero attached hydrogens (tertiary/aromatic N) is 1. The number of hydrogen-bond acceptors (Lipinski definition) is 1. The molecule has 3 rings (SSSR count). The summed E-state index contributed by atoms with van der Waals surface area (Å²) in [6.07, 6.45) is 3.53. The minimum absolute atomic E-state index is 0.0883. The van der Waals surface area contributed by atoms with Crippen LogP contribution < -0.4 is 0 Å². The second-order valence-corrected chi connectivity index (χ2v) is 5.92. The average molecular weight is 315 g/mol. The summed E-state index contributed by atoms with van der Waals surface area (Å²) in [6.45, 7) is 0.605. The van der Waals surface area contributed by atoms with Crippen LogP contribution in [0.3, 0.4) is 0 Å². The van der Waals surface area contributed by atoms with E-state index in [-0.39, 0.29) is 11.6 Å². The monoisotopic (exact) mass is 315 g/mol. The number of halogens is 2. The number of aryl methyl sites for hydroxylation is 1. The topological polar surface area (TPSA) is 20.3 Å². The highest BCUT2D eigenvalue weighted by atomic mass is 19.2. The highest BCUT2D eigenvalue weighted by Gasteiger charge is 2.30. The second-order valence-electron chi connectivity index (χ2n) is 5.92. The second kappa shape index (κ2) is 6.90. The third-order valence-electron chi connectivity index (χ3n) is 4.43. The number of likely N-dealkylation sites (tertiary alicyclic amines) is 1. The maximum atomic E-state index is 13.9. The summed E-state index contributed by atoms with van der Waals surface area (Å²) in [6, 6.07) is 13.9. The molecule has 23 heavy (non-hydrogen) atoms. The highest BCUT2D eigenvalue weighted by Crippen LogP contribution is 2.25. The molecule has 2 aromatic carbocycles. The van der Waals surface area contributed by atoms with Crippen LogP contribution in [0, 0.1) is 11.6 Å². The molecule has 2 aromatic rings. The van der Waals surface area contributed by atoms with Gasteiger partial charge in [-0.25, -0.2) is 8.78 Å². The van der Waals surface area contributed by atoms with Gasteiger partial charge in [-0.05, 0) is 43.4 Å². The molecule has 2 nitrogen and oxygen atoms in total. The van der Waals surface area contributed by atoms with Crippen molar-refractivity contribution < 1.29 is 13.6 Å². The lowest BCUT2D eigenvalue weighted by Crippen LogP contribution is -2.36. The number of carbonyl (C=O) groups excluding carboxylic acids is 1. The van der Waals surface area contributed by atoms with Crippen LogP contribution in [0.2, 0.25) is 0 Å². The van der Waals surface area contributed by atoms with E-state index < -0.39 is 17.5 Å². The Morgan fingerprint density at radius 2 is 1.87 bits per heavy atom. The van der Waals surface area contributed by atoms with Crippen molar-refractivity contribution in [2.75, 3.05) is 6.54 Å². The molecule has 0 N–H and O–H groups in total. The van der Waals surface area contributed by atoms with E-state index in [1.54, 1.807) is 4.90 Å². The number of rotatable bonds is 4. The number of hydrogen-bond donors (Lipinski definition) is 0. The van der Waals surface area contributed by atoms with Gasteiger partial charge in [0.2, 0.25) is 0 Å². The van der Waals surface area contributed by atoms with Crippen molar-refractivity contribution in [3.8, 4) is 0 Å². The summed E-state index contributed by atoms with van der Waals surface area (Å²) >= 11 is 0. The standard InChI is InChI=1S/C19H19F2NO/c20-17-10-4-9-16(18(17)21)19(23)22-13-5-8-15(22)12-11-14-6-2-1-3-7-14/h1-4,6-7,9-10,15H,5,8,11-13H2. The lowest BCUT2D eigenvalue weighted by atomic mass is 10.0. The molecule has 120 valence electrons. The molecule has 0 spiro atoms. The van der Waals surface area contributed by atoms with E-state index in [1.807, 2.05) is 18.2 Å². The molecule has 0 saturated carbocycles. The molecular formula is C19H19F2NO. The predicted octanol–water partition coefficient (Wildman–Crippen LogP) is 4.20. The SMILES string of the molecule is O=C(c1cccc(F)c1F)N1CCCC1CCc1ccccc1. The molecule has 0 aliphatic carbocycles. The number of carbonyl (C=O) groups is 1. The summed E-state index contributed by atoms with van der Waals surface area (Å²) in [5.41, 5.74) is 1.06. The lowest BCUT2D eigenvalue weighted by molar-refractivity contribution is 0.0724. The van der Waals surface area contributed by atoms with Crippen molar-refractivity contribution in [1.29, 1.82) is 0 Å². The van der Waals surface area contributed by atoms with Crippen molar-refractivity contribution in [3.63, 3.8) is 0 Å². The van der Waals surface area contributed by atoms with E-state index in [4.69, 9.17) is 0 Å². The summed E-state index contributed by atoms with van der Waals surface area (Å²) in [5.74, 6) is -2.43. The van der Waals surface area contributed by atoms with Crippen LogP contribution >= 0.6 is 0 Å². The Bertz CT molecular complexity index is 687. The summed E-state index contributed by atoms with van der Waals surface area (Å²) < 4.78 is 27.2. The van der Waals surface area contributed by atoms with Crippen molar-refractivity contribution in [3.05, 3.63) is 71.3 Å². The smallest absolute Gasteiger partial charge is 0.257 e. The minimum atomic E-state index is -1.05. The van der Waals surface area contributed by atoms with Crippen molar-refractivity contribution >= 4 is 5.91 Å². The fraction of sp³-hybridized carbons (Fsp3) is 0.316. The van der Waals surface area contributed by atoms with Gasteiger partial charge in [-0.3, -0.25) is 4.79 Å².